The molecule has 0 fully saturated rings. The van der Waals surface area contributed by atoms with Gasteiger partial charge in [-0.25, -0.2) is 0 Å². The summed E-state index contributed by atoms with van der Waals surface area (Å²) in [4.78, 5) is 13.7. The van der Waals surface area contributed by atoms with E-state index in [4.69, 9.17) is 9.84 Å². The van der Waals surface area contributed by atoms with Crippen molar-refractivity contribution in [3.63, 3.8) is 0 Å². The molecule has 0 atom stereocenters. The molecule has 0 heterocycles. The van der Waals surface area contributed by atoms with Gasteiger partial charge in [0.05, 0.1) is 13.2 Å². The molecule has 4 nitrogen and oxygen atoms in total. The second-order valence-electron chi connectivity index (χ2n) is 7.58. The van der Waals surface area contributed by atoms with E-state index >= 15 is 0 Å². The number of carbonyl (C=O) groups is 1. The van der Waals surface area contributed by atoms with Crippen LogP contribution >= 0.6 is 0 Å². The summed E-state index contributed by atoms with van der Waals surface area (Å²) in [6.07, 6.45) is 23.6. The predicted molar refractivity (Wildman–Crippen MR) is 120 cm³/mol. The van der Waals surface area contributed by atoms with E-state index in [0.29, 0.717) is 19.6 Å². The van der Waals surface area contributed by atoms with E-state index in [0.717, 1.165) is 38.6 Å². The lowest BCUT2D eigenvalue weighted by atomic mass is 10.1. The Morgan fingerprint density at radius 1 is 0.857 bits per heavy atom. The summed E-state index contributed by atoms with van der Waals surface area (Å²) in [5, 5.41) is 8.81. The lowest BCUT2D eigenvalue weighted by Crippen LogP contribution is -2.24. The fraction of sp³-hybridized carbons (Fsp3) is 0.792. The van der Waals surface area contributed by atoms with Gasteiger partial charge in [0.1, 0.15) is 0 Å². The van der Waals surface area contributed by atoms with Gasteiger partial charge in [-0.1, -0.05) is 63.3 Å². The minimum absolute atomic E-state index is 0.0736. The van der Waals surface area contributed by atoms with Crippen molar-refractivity contribution < 1.29 is 14.6 Å². The summed E-state index contributed by atoms with van der Waals surface area (Å²) < 4.78 is 5.25. The second kappa shape index (κ2) is 22.2. The molecule has 0 aromatic heterocycles. The molecular formula is C24H45NO3. The number of hydrogen-bond donors (Lipinski definition) is 1. The standard InChI is InChI=1S/C24H45NO3/c1-3-4-5-6-7-8-9-10-11-12-13-14-15-16-17-19-24(27)28-23-18-20-25(2)21-22-26/h7-8,10-11,26H,3-6,9,12-23H2,1-2H3/b8-7+,11-10+. The first-order valence-corrected chi connectivity index (χ1v) is 11.5. The Bertz CT molecular complexity index is 393. The first-order valence-electron chi connectivity index (χ1n) is 11.5. The van der Waals surface area contributed by atoms with Crippen LogP contribution in [0.2, 0.25) is 0 Å². The zero-order chi connectivity index (χ0) is 20.7. The third-order valence-electron chi connectivity index (χ3n) is 4.76. The number of likely N-dealkylation sites (N-methyl/N-ethyl adjacent to an activating group) is 1. The fourth-order valence-electron chi connectivity index (χ4n) is 2.96. The molecule has 0 spiro atoms. The highest BCUT2D eigenvalue weighted by Gasteiger charge is 2.03. The molecule has 0 saturated heterocycles. The van der Waals surface area contributed by atoms with Crippen LogP contribution in [0.3, 0.4) is 0 Å². The van der Waals surface area contributed by atoms with E-state index in [9.17, 15) is 4.79 Å². The molecule has 0 aromatic carbocycles. The van der Waals surface area contributed by atoms with Crippen molar-refractivity contribution in [3.8, 4) is 0 Å². The van der Waals surface area contributed by atoms with E-state index < -0.39 is 0 Å². The summed E-state index contributed by atoms with van der Waals surface area (Å²) >= 11 is 0. The molecule has 0 aliphatic heterocycles. The number of esters is 1. The minimum Gasteiger partial charge on any atom is -0.466 e. The van der Waals surface area contributed by atoms with Crippen LogP contribution in [0, 0.1) is 0 Å². The van der Waals surface area contributed by atoms with Gasteiger partial charge in [0.15, 0.2) is 0 Å². The molecule has 0 aliphatic rings. The Morgan fingerprint density at radius 3 is 2.18 bits per heavy atom. The number of aliphatic hydroxyl groups is 1. The van der Waals surface area contributed by atoms with Gasteiger partial charge in [-0.15, -0.1) is 0 Å². The Balaban J connectivity index is 3.31. The molecule has 0 radical (unpaired) electrons. The molecule has 164 valence electrons. The quantitative estimate of drug-likeness (QED) is 0.164. The number of nitrogens with zero attached hydrogens (tertiary/aromatic N) is 1. The van der Waals surface area contributed by atoms with E-state index in [1.54, 1.807) is 0 Å². The monoisotopic (exact) mass is 395 g/mol. The number of allylic oxidation sites excluding steroid dienone is 4. The highest BCUT2D eigenvalue weighted by Crippen LogP contribution is 2.09. The topological polar surface area (TPSA) is 49.8 Å². The van der Waals surface area contributed by atoms with Crippen molar-refractivity contribution >= 4 is 5.97 Å². The summed E-state index contributed by atoms with van der Waals surface area (Å²) in [5.74, 6) is -0.0736. The van der Waals surface area contributed by atoms with Gasteiger partial charge in [0.2, 0.25) is 0 Å². The van der Waals surface area contributed by atoms with Crippen LogP contribution in [0.4, 0.5) is 0 Å². The molecule has 0 aliphatic carbocycles. The lowest BCUT2D eigenvalue weighted by Gasteiger charge is -2.14. The maximum atomic E-state index is 11.7. The molecule has 0 unspecified atom stereocenters. The number of ether oxygens (including phenoxy) is 1. The third kappa shape index (κ3) is 21.2. The van der Waals surface area contributed by atoms with Crippen molar-refractivity contribution in [1.29, 1.82) is 0 Å². The molecule has 0 rings (SSSR count). The molecule has 0 bridgehead atoms. The lowest BCUT2D eigenvalue weighted by molar-refractivity contribution is -0.143. The molecular weight excluding hydrogens is 350 g/mol. The third-order valence-corrected chi connectivity index (χ3v) is 4.76. The van der Waals surface area contributed by atoms with E-state index in [2.05, 4.69) is 31.2 Å². The Labute approximate surface area is 174 Å². The van der Waals surface area contributed by atoms with Gasteiger partial charge >= 0.3 is 5.97 Å². The molecule has 0 aromatic rings. The van der Waals surface area contributed by atoms with Crippen LogP contribution in [0.25, 0.3) is 0 Å². The smallest absolute Gasteiger partial charge is 0.305 e. The van der Waals surface area contributed by atoms with Gasteiger partial charge in [0.25, 0.3) is 0 Å². The molecule has 0 amide bonds. The van der Waals surface area contributed by atoms with Gasteiger partial charge in [-0.2, -0.15) is 0 Å². The zero-order valence-electron chi connectivity index (χ0n) is 18.5. The largest absolute Gasteiger partial charge is 0.466 e. The predicted octanol–water partition coefficient (Wildman–Crippen LogP) is 5.66. The van der Waals surface area contributed by atoms with Crippen molar-refractivity contribution in [2.75, 3.05) is 33.4 Å². The number of unbranched alkanes of at least 4 members (excludes halogenated alkanes) is 8. The summed E-state index contributed by atoms with van der Waals surface area (Å²) in [7, 11) is 1.96. The van der Waals surface area contributed by atoms with Crippen molar-refractivity contribution in [2.45, 2.75) is 90.4 Å². The molecule has 1 N–H and O–H groups in total. The highest BCUT2D eigenvalue weighted by atomic mass is 16.5. The zero-order valence-corrected chi connectivity index (χ0v) is 18.5. The number of rotatable bonds is 20. The second-order valence-corrected chi connectivity index (χ2v) is 7.58. The van der Waals surface area contributed by atoms with E-state index in [1.807, 2.05) is 11.9 Å². The van der Waals surface area contributed by atoms with Gasteiger partial charge in [0, 0.05) is 19.5 Å². The van der Waals surface area contributed by atoms with Crippen LogP contribution in [0.5, 0.6) is 0 Å². The normalized spacial score (nSPS) is 11.9. The van der Waals surface area contributed by atoms with Gasteiger partial charge < -0.3 is 14.7 Å². The van der Waals surface area contributed by atoms with Crippen LogP contribution in [-0.4, -0.2) is 49.3 Å². The van der Waals surface area contributed by atoms with Crippen LogP contribution in [0.15, 0.2) is 24.3 Å². The number of carbonyl (C=O) groups excluding carboxylic acids is 1. The van der Waals surface area contributed by atoms with Crippen molar-refractivity contribution in [1.82, 2.24) is 4.90 Å². The average molecular weight is 396 g/mol. The van der Waals surface area contributed by atoms with Crippen LogP contribution in [0.1, 0.15) is 90.4 Å². The average Bonchev–Trinajstić information content (AvgIpc) is 2.68. The molecule has 0 saturated carbocycles. The number of aliphatic hydroxyl groups excluding tert-OH is 1. The Kier molecular flexibility index (Phi) is 21.3. The summed E-state index contributed by atoms with van der Waals surface area (Å²) in [6.45, 7) is 4.40. The van der Waals surface area contributed by atoms with Crippen molar-refractivity contribution in [3.05, 3.63) is 24.3 Å². The minimum atomic E-state index is -0.0736. The van der Waals surface area contributed by atoms with E-state index in [-0.39, 0.29) is 12.6 Å². The first kappa shape index (κ1) is 26.9. The summed E-state index contributed by atoms with van der Waals surface area (Å²) in [6, 6.07) is 0. The Hall–Kier alpha value is -1.13. The maximum Gasteiger partial charge on any atom is 0.305 e. The maximum absolute atomic E-state index is 11.7. The Morgan fingerprint density at radius 2 is 1.50 bits per heavy atom. The van der Waals surface area contributed by atoms with Crippen LogP contribution in [-0.2, 0) is 9.53 Å². The van der Waals surface area contributed by atoms with E-state index in [1.165, 1.54) is 44.9 Å². The first-order chi connectivity index (χ1) is 13.7. The number of hydrogen-bond acceptors (Lipinski definition) is 4. The molecule has 4 heteroatoms. The van der Waals surface area contributed by atoms with Crippen molar-refractivity contribution in [2.24, 2.45) is 0 Å². The highest BCUT2D eigenvalue weighted by molar-refractivity contribution is 5.69. The van der Waals surface area contributed by atoms with Gasteiger partial charge in [-0.05, 0) is 52.0 Å². The summed E-state index contributed by atoms with van der Waals surface area (Å²) in [5.41, 5.74) is 0. The van der Waals surface area contributed by atoms with Gasteiger partial charge in [-0.3, -0.25) is 4.79 Å². The fourth-order valence-corrected chi connectivity index (χ4v) is 2.96. The SMILES string of the molecule is CCCCC/C=C/C/C=C/CCCCCCCC(=O)OCCCN(C)CCO. The molecule has 28 heavy (non-hydrogen) atoms. The van der Waals surface area contributed by atoms with Crippen LogP contribution < -0.4 is 0 Å².